The van der Waals surface area contributed by atoms with Crippen LogP contribution in [0.5, 0.6) is 0 Å². The van der Waals surface area contributed by atoms with Gasteiger partial charge in [-0.3, -0.25) is 19.1 Å². The molecule has 30 heavy (non-hydrogen) atoms. The first-order valence-corrected chi connectivity index (χ1v) is 11.3. The lowest BCUT2D eigenvalue weighted by Crippen LogP contribution is -2.55. The Bertz CT molecular complexity index is 1080. The number of pyridine rings is 1. The molecule has 0 aromatic carbocycles. The topological polar surface area (TPSA) is 96.9 Å². The molecule has 4 bridgehead atoms. The number of carbonyl (C=O) groups excluding carboxylic acids is 1. The van der Waals surface area contributed by atoms with Crippen molar-refractivity contribution in [1.82, 2.24) is 19.9 Å². The van der Waals surface area contributed by atoms with Crippen LogP contribution in [0.2, 0.25) is 0 Å². The van der Waals surface area contributed by atoms with E-state index in [4.69, 9.17) is 0 Å². The third-order valence-electron chi connectivity index (χ3n) is 7.89. The minimum Gasteiger partial charge on any atom is -0.349 e. The van der Waals surface area contributed by atoms with Gasteiger partial charge in [0.2, 0.25) is 0 Å². The molecule has 0 saturated heterocycles. The molecular weight excluding hydrogens is 380 g/mol. The average molecular weight is 411 g/mol. The molecule has 4 fully saturated rings. The van der Waals surface area contributed by atoms with E-state index in [1.54, 1.807) is 6.07 Å². The third kappa shape index (κ3) is 3.10. The fraction of sp³-hybridized carbons (Fsp3) is 0.652. The molecule has 0 unspecified atom stereocenters. The fourth-order valence-electron chi connectivity index (χ4n) is 6.86. The van der Waals surface area contributed by atoms with E-state index in [1.807, 2.05) is 6.92 Å². The minimum atomic E-state index is -0.501. The number of aromatic amines is 1. The van der Waals surface area contributed by atoms with E-state index in [0.29, 0.717) is 17.8 Å². The van der Waals surface area contributed by atoms with Gasteiger partial charge in [-0.15, -0.1) is 0 Å². The zero-order valence-electron chi connectivity index (χ0n) is 17.7. The van der Waals surface area contributed by atoms with Gasteiger partial charge < -0.3 is 5.32 Å². The van der Waals surface area contributed by atoms with Gasteiger partial charge in [0, 0.05) is 18.8 Å². The largest absolute Gasteiger partial charge is 0.349 e. The number of nitrogens with zero attached hydrogens (tertiary/aromatic N) is 2. The monoisotopic (exact) mass is 410 g/mol. The number of H-pyrrole nitrogens is 1. The molecule has 1 amide bonds. The first kappa shape index (κ1) is 19.5. The Morgan fingerprint density at radius 2 is 1.87 bits per heavy atom. The van der Waals surface area contributed by atoms with E-state index in [-0.39, 0.29) is 22.8 Å². The number of carbonyl (C=O) groups is 1. The smallest absolute Gasteiger partial charge is 0.329 e. The van der Waals surface area contributed by atoms with Crippen LogP contribution in [0.3, 0.4) is 0 Å². The van der Waals surface area contributed by atoms with E-state index in [2.05, 4.69) is 22.2 Å². The maximum Gasteiger partial charge on any atom is 0.329 e. The zero-order chi connectivity index (χ0) is 21.0. The van der Waals surface area contributed by atoms with Gasteiger partial charge in [-0.25, -0.2) is 9.78 Å². The van der Waals surface area contributed by atoms with Crippen molar-refractivity contribution in [2.24, 2.45) is 23.2 Å². The van der Waals surface area contributed by atoms with Gasteiger partial charge in [0.25, 0.3) is 11.5 Å². The number of fused-ring (bicyclic) bond motifs is 1. The van der Waals surface area contributed by atoms with Crippen molar-refractivity contribution >= 4 is 16.9 Å². The van der Waals surface area contributed by atoms with Crippen molar-refractivity contribution in [3.8, 4) is 0 Å². The van der Waals surface area contributed by atoms with Crippen LogP contribution in [0.15, 0.2) is 21.9 Å². The average Bonchev–Trinajstić information content (AvgIpc) is 2.69. The van der Waals surface area contributed by atoms with Crippen LogP contribution in [0.4, 0.5) is 0 Å². The van der Waals surface area contributed by atoms with Gasteiger partial charge in [-0.05, 0) is 81.1 Å². The molecule has 4 saturated carbocycles. The summed E-state index contributed by atoms with van der Waals surface area (Å²) in [6, 6.07) is 1.66. The standard InChI is InChI=1S/C23H30N4O3/c1-3-4-27-19-18(21(29)26-22(27)30)8-17(12-24-19)20(28)25-13(2)23-9-14-5-15(10-23)7-16(6-14)11-23/h8,12-16H,3-7,9-11H2,1-2H3,(H,25,28)(H,26,29,30)/t13-,14?,15?,16?,23?/m1/s1. The molecule has 2 aromatic heterocycles. The summed E-state index contributed by atoms with van der Waals surface area (Å²) in [5.74, 6) is 2.28. The molecule has 2 heterocycles. The van der Waals surface area contributed by atoms with E-state index >= 15 is 0 Å². The summed E-state index contributed by atoms with van der Waals surface area (Å²) < 4.78 is 1.45. The van der Waals surface area contributed by atoms with E-state index in [0.717, 1.165) is 24.2 Å². The normalized spacial score (nSPS) is 30.5. The van der Waals surface area contributed by atoms with Crippen molar-refractivity contribution in [1.29, 1.82) is 0 Å². The number of amides is 1. The first-order valence-electron chi connectivity index (χ1n) is 11.3. The number of nitrogens with one attached hydrogen (secondary N) is 2. The van der Waals surface area contributed by atoms with Gasteiger partial charge in [0.1, 0.15) is 5.65 Å². The number of aromatic nitrogens is 3. The van der Waals surface area contributed by atoms with Gasteiger partial charge in [-0.2, -0.15) is 0 Å². The molecule has 2 N–H and O–H groups in total. The molecule has 160 valence electrons. The van der Waals surface area contributed by atoms with E-state index in [1.165, 1.54) is 49.3 Å². The molecule has 4 aliphatic rings. The molecule has 0 radical (unpaired) electrons. The van der Waals surface area contributed by atoms with Crippen LogP contribution in [-0.4, -0.2) is 26.5 Å². The Kier molecular flexibility index (Phi) is 4.60. The first-order chi connectivity index (χ1) is 14.4. The molecule has 0 spiro atoms. The summed E-state index contributed by atoms with van der Waals surface area (Å²) in [6.07, 6.45) is 10.0. The molecule has 7 heteroatoms. The summed E-state index contributed by atoms with van der Waals surface area (Å²) in [5.41, 5.74) is -0.0518. The number of aryl methyl sites for hydroxylation is 1. The van der Waals surface area contributed by atoms with Crippen molar-refractivity contribution in [2.45, 2.75) is 71.4 Å². The van der Waals surface area contributed by atoms with Crippen molar-refractivity contribution in [3.05, 3.63) is 38.7 Å². The molecule has 1 atom stereocenters. The SMILES string of the molecule is CCCn1c(=O)[nH]c(=O)c2cc(C(=O)N[C@H](C)C34CC5CC(CC(C5)C3)C4)cnc21. The van der Waals surface area contributed by atoms with E-state index < -0.39 is 11.2 Å². The zero-order valence-corrected chi connectivity index (χ0v) is 17.7. The molecule has 4 aliphatic carbocycles. The van der Waals surface area contributed by atoms with Crippen LogP contribution in [0, 0.1) is 23.2 Å². The second-order valence-corrected chi connectivity index (χ2v) is 9.98. The molecule has 0 aliphatic heterocycles. The van der Waals surface area contributed by atoms with Crippen LogP contribution in [0.25, 0.3) is 11.0 Å². The Morgan fingerprint density at radius 1 is 1.23 bits per heavy atom. The highest BCUT2D eigenvalue weighted by molar-refractivity contribution is 5.96. The highest BCUT2D eigenvalue weighted by Gasteiger charge is 2.53. The van der Waals surface area contributed by atoms with Crippen LogP contribution >= 0.6 is 0 Å². The van der Waals surface area contributed by atoms with Crippen LogP contribution < -0.4 is 16.6 Å². The van der Waals surface area contributed by atoms with Gasteiger partial charge in [0.05, 0.1) is 10.9 Å². The van der Waals surface area contributed by atoms with Gasteiger partial charge in [0.15, 0.2) is 0 Å². The lowest BCUT2D eigenvalue weighted by atomic mass is 9.48. The second-order valence-electron chi connectivity index (χ2n) is 9.98. The lowest BCUT2D eigenvalue weighted by Gasteiger charge is -2.59. The van der Waals surface area contributed by atoms with E-state index in [9.17, 15) is 14.4 Å². The summed E-state index contributed by atoms with van der Waals surface area (Å²) in [6.45, 7) is 4.57. The number of rotatable bonds is 5. The summed E-state index contributed by atoms with van der Waals surface area (Å²) >= 11 is 0. The predicted octanol–water partition coefficient (Wildman–Crippen LogP) is 2.83. The maximum absolute atomic E-state index is 13.0. The van der Waals surface area contributed by atoms with Crippen LogP contribution in [-0.2, 0) is 6.54 Å². The molecule has 2 aromatic rings. The van der Waals surface area contributed by atoms with Crippen LogP contribution in [0.1, 0.15) is 69.2 Å². The minimum absolute atomic E-state index is 0.0985. The summed E-state index contributed by atoms with van der Waals surface area (Å²) in [5, 5.41) is 3.50. The second kappa shape index (κ2) is 7.06. The maximum atomic E-state index is 13.0. The molecule has 6 rings (SSSR count). The molecule has 7 nitrogen and oxygen atoms in total. The van der Waals surface area contributed by atoms with Crippen molar-refractivity contribution < 1.29 is 4.79 Å². The Hall–Kier alpha value is -2.44. The predicted molar refractivity (Wildman–Crippen MR) is 114 cm³/mol. The lowest BCUT2D eigenvalue weighted by molar-refractivity contribution is -0.0688. The Labute approximate surface area is 175 Å². The highest BCUT2D eigenvalue weighted by atomic mass is 16.2. The summed E-state index contributed by atoms with van der Waals surface area (Å²) in [7, 11) is 0. The Morgan fingerprint density at radius 3 is 2.47 bits per heavy atom. The van der Waals surface area contributed by atoms with Gasteiger partial charge >= 0.3 is 5.69 Å². The fourth-order valence-corrected chi connectivity index (χ4v) is 6.86. The number of hydrogen-bond acceptors (Lipinski definition) is 4. The third-order valence-corrected chi connectivity index (χ3v) is 7.89. The molecular formula is C23H30N4O3. The van der Waals surface area contributed by atoms with Gasteiger partial charge in [-0.1, -0.05) is 6.92 Å². The number of hydrogen-bond donors (Lipinski definition) is 2. The highest BCUT2D eigenvalue weighted by Crippen LogP contribution is 2.61. The quantitative estimate of drug-likeness (QED) is 0.792. The van der Waals surface area contributed by atoms with Crippen molar-refractivity contribution in [2.75, 3.05) is 0 Å². The summed E-state index contributed by atoms with van der Waals surface area (Å²) in [4.78, 5) is 44.2. The Balaban J connectivity index is 1.41. The van der Waals surface area contributed by atoms with Crippen molar-refractivity contribution in [3.63, 3.8) is 0 Å².